The first-order valence-corrected chi connectivity index (χ1v) is 8.83. The second-order valence-corrected chi connectivity index (χ2v) is 6.99. The molecule has 0 spiro atoms. The van der Waals surface area contributed by atoms with Crippen LogP contribution in [0.3, 0.4) is 0 Å². The fraction of sp³-hybridized carbons (Fsp3) is 0.588. The lowest BCUT2D eigenvalue weighted by Gasteiger charge is -2.30. The van der Waals surface area contributed by atoms with Crippen molar-refractivity contribution in [3.63, 3.8) is 0 Å². The van der Waals surface area contributed by atoms with Gasteiger partial charge in [-0.15, -0.1) is 0 Å². The van der Waals surface area contributed by atoms with Crippen molar-refractivity contribution in [1.29, 1.82) is 0 Å². The summed E-state index contributed by atoms with van der Waals surface area (Å²) in [5.41, 5.74) is 0. The summed E-state index contributed by atoms with van der Waals surface area (Å²) in [7, 11) is 0. The molecule has 1 aromatic carbocycles. The Kier molecular flexibility index (Phi) is 7.00. The van der Waals surface area contributed by atoms with Gasteiger partial charge in [-0.3, -0.25) is 4.79 Å². The normalized spacial score (nSPS) is 20.1. The minimum Gasteiger partial charge on any atom is -0.481 e. The van der Waals surface area contributed by atoms with Gasteiger partial charge in [-0.2, -0.15) is 0 Å². The van der Waals surface area contributed by atoms with Gasteiger partial charge in [0.25, 0.3) is 5.91 Å². The van der Waals surface area contributed by atoms with Crippen molar-refractivity contribution in [2.75, 3.05) is 26.2 Å². The Bertz CT molecular complexity index is 539. The summed E-state index contributed by atoms with van der Waals surface area (Å²) in [4.78, 5) is 14.5. The van der Waals surface area contributed by atoms with E-state index in [2.05, 4.69) is 17.1 Å². The molecule has 0 radical (unpaired) electrons. The maximum atomic E-state index is 12.1. The second-order valence-electron chi connectivity index (χ2n) is 6.18. The maximum Gasteiger partial charge on any atom is 0.260 e. The molecule has 0 aliphatic carbocycles. The maximum absolute atomic E-state index is 12.1. The first-order valence-electron chi connectivity index (χ1n) is 8.07. The number of amides is 1. The van der Waals surface area contributed by atoms with Crippen molar-refractivity contribution in [1.82, 2.24) is 10.2 Å². The van der Waals surface area contributed by atoms with Crippen LogP contribution >= 0.6 is 23.2 Å². The Labute approximate surface area is 148 Å². The van der Waals surface area contributed by atoms with Crippen LogP contribution in [0.2, 0.25) is 10.0 Å². The Morgan fingerprint density at radius 1 is 1.43 bits per heavy atom. The van der Waals surface area contributed by atoms with Crippen molar-refractivity contribution in [3.05, 3.63) is 28.2 Å². The molecule has 1 amide bonds. The number of hydrogen-bond donors (Lipinski definition) is 1. The van der Waals surface area contributed by atoms with Gasteiger partial charge in [0.2, 0.25) is 0 Å². The van der Waals surface area contributed by atoms with E-state index in [-0.39, 0.29) is 5.91 Å². The van der Waals surface area contributed by atoms with Gasteiger partial charge in [0.15, 0.2) is 6.10 Å². The summed E-state index contributed by atoms with van der Waals surface area (Å²) in [6, 6.07) is 4.97. The lowest BCUT2D eigenvalue weighted by molar-refractivity contribution is -0.127. The highest BCUT2D eigenvalue weighted by Crippen LogP contribution is 2.26. The fourth-order valence-electron chi connectivity index (χ4n) is 2.78. The Hall–Kier alpha value is -0.970. The van der Waals surface area contributed by atoms with E-state index in [1.807, 2.05) is 0 Å². The molecule has 128 valence electrons. The van der Waals surface area contributed by atoms with E-state index in [0.29, 0.717) is 22.3 Å². The van der Waals surface area contributed by atoms with Crippen molar-refractivity contribution in [2.24, 2.45) is 5.92 Å². The minimum absolute atomic E-state index is 0.124. The third-order valence-electron chi connectivity index (χ3n) is 4.04. The molecule has 1 N–H and O–H groups in total. The number of ether oxygens (including phenoxy) is 1. The number of piperidine rings is 1. The fourth-order valence-corrected chi connectivity index (χ4v) is 3.07. The zero-order chi connectivity index (χ0) is 16.8. The Morgan fingerprint density at radius 3 is 2.91 bits per heavy atom. The standard InChI is InChI=1S/C17H24Cl2N2O2/c1-12-4-3-8-21(11-12)9-7-20-17(22)13(2)23-14-5-6-15(18)16(19)10-14/h5-6,10,12-13H,3-4,7-9,11H2,1-2H3,(H,20,22). The molecule has 1 heterocycles. The van der Waals surface area contributed by atoms with Crippen molar-refractivity contribution < 1.29 is 9.53 Å². The first-order chi connectivity index (χ1) is 11.0. The lowest BCUT2D eigenvalue weighted by atomic mass is 10.0. The number of rotatable bonds is 6. The molecule has 2 rings (SSSR count). The first kappa shape index (κ1) is 18.4. The number of carbonyl (C=O) groups excluding carboxylic acids is 1. The molecule has 23 heavy (non-hydrogen) atoms. The summed E-state index contributed by atoms with van der Waals surface area (Å²) < 4.78 is 5.60. The van der Waals surface area contributed by atoms with Crippen molar-refractivity contribution >= 4 is 29.1 Å². The van der Waals surface area contributed by atoms with Gasteiger partial charge < -0.3 is 15.0 Å². The molecular weight excluding hydrogens is 335 g/mol. The van der Waals surface area contributed by atoms with Crippen molar-refractivity contribution in [2.45, 2.75) is 32.8 Å². The van der Waals surface area contributed by atoms with E-state index >= 15 is 0 Å². The highest BCUT2D eigenvalue weighted by atomic mass is 35.5. The van der Waals surface area contributed by atoms with Gasteiger partial charge in [0, 0.05) is 25.7 Å². The number of carbonyl (C=O) groups is 1. The molecule has 0 aromatic heterocycles. The number of halogens is 2. The van der Waals surface area contributed by atoms with Crippen LogP contribution in [0, 0.1) is 5.92 Å². The Morgan fingerprint density at radius 2 is 2.22 bits per heavy atom. The van der Waals surface area contributed by atoms with Crippen LogP contribution in [0.25, 0.3) is 0 Å². The second kappa shape index (κ2) is 8.76. The van der Waals surface area contributed by atoms with Gasteiger partial charge in [-0.1, -0.05) is 30.1 Å². The molecular formula is C17H24Cl2N2O2. The van der Waals surface area contributed by atoms with E-state index in [9.17, 15) is 4.79 Å². The van der Waals surface area contributed by atoms with Gasteiger partial charge in [-0.25, -0.2) is 0 Å². The third-order valence-corrected chi connectivity index (χ3v) is 4.78. The zero-order valence-electron chi connectivity index (χ0n) is 13.6. The Balaban J connectivity index is 1.73. The largest absolute Gasteiger partial charge is 0.481 e. The SMILES string of the molecule is CC1CCCN(CCNC(=O)C(C)Oc2ccc(Cl)c(Cl)c2)C1. The van der Waals surface area contributed by atoms with E-state index in [4.69, 9.17) is 27.9 Å². The molecule has 1 aliphatic heterocycles. The predicted molar refractivity (Wildman–Crippen MR) is 94.4 cm³/mol. The molecule has 2 unspecified atom stereocenters. The van der Waals surface area contributed by atoms with E-state index in [0.717, 1.165) is 25.6 Å². The third kappa shape index (κ3) is 5.87. The summed E-state index contributed by atoms with van der Waals surface area (Å²) in [6.45, 7) is 7.76. The van der Waals surface area contributed by atoms with Gasteiger partial charge >= 0.3 is 0 Å². The summed E-state index contributed by atoms with van der Waals surface area (Å²) in [5.74, 6) is 1.16. The topological polar surface area (TPSA) is 41.6 Å². The van der Waals surface area contributed by atoms with Crippen LogP contribution in [0.5, 0.6) is 5.75 Å². The number of nitrogens with one attached hydrogen (secondary N) is 1. The average molecular weight is 359 g/mol. The number of benzene rings is 1. The summed E-state index contributed by atoms with van der Waals surface area (Å²) in [5, 5.41) is 3.80. The number of nitrogens with zero attached hydrogens (tertiary/aromatic N) is 1. The van der Waals surface area contributed by atoms with Gasteiger partial charge in [0.1, 0.15) is 5.75 Å². The molecule has 0 saturated carbocycles. The van der Waals surface area contributed by atoms with Crippen LogP contribution in [0.1, 0.15) is 26.7 Å². The summed E-state index contributed by atoms with van der Waals surface area (Å²) >= 11 is 11.8. The molecule has 1 fully saturated rings. The number of hydrogen-bond acceptors (Lipinski definition) is 3. The van der Waals surface area contributed by atoms with E-state index < -0.39 is 6.10 Å². The van der Waals surface area contributed by atoms with Crippen LogP contribution in [-0.2, 0) is 4.79 Å². The van der Waals surface area contributed by atoms with Gasteiger partial charge in [0.05, 0.1) is 10.0 Å². The van der Waals surface area contributed by atoms with Crippen LogP contribution in [0.15, 0.2) is 18.2 Å². The molecule has 1 aromatic rings. The highest BCUT2D eigenvalue weighted by molar-refractivity contribution is 6.42. The monoisotopic (exact) mass is 358 g/mol. The molecule has 6 heteroatoms. The van der Waals surface area contributed by atoms with Crippen LogP contribution < -0.4 is 10.1 Å². The predicted octanol–water partition coefficient (Wildman–Crippen LogP) is 3.61. The van der Waals surface area contributed by atoms with Crippen LogP contribution in [0.4, 0.5) is 0 Å². The number of likely N-dealkylation sites (tertiary alicyclic amines) is 1. The smallest absolute Gasteiger partial charge is 0.260 e. The summed E-state index contributed by atoms with van der Waals surface area (Å²) in [6.07, 6.45) is 1.97. The minimum atomic E-state index is -0.576. The van der Waals surface area contributed by atoms with E-state index in [1.54, 1.807) is 25.1 Å². The van der Waals surface area contributed by atoms with E-state index in [1.165, 1.54) is 12.8 Å². The van der Waals surface area contributed by atoms with Crippen molar-refractivity contribution in [3.8, 4) is 5.75 Å². The zero-order valence-corrected chi connectivity index (χ0v) is 15.2. The molecule has 0 bridgehead atoms. The quantitative estimate of drug-likeness (QED) is 0.844. The molecule has 4 nitrogen and oxygen atoms in total. The molecule has 2 atom stereocenters. The molecule has 1 aliphatic rings. The highest BCUT2D eigenvalue weighted by Gasteiger charge is 2.18. The lowest BCUT2D eigenvalue weighted by Crippen LogP contribution is -2.43. The van der Waals surface area contributed by atoms with Crippen LogP contribution in [-0.4, -0.2) is 43.1 Å². The molecule has 1 saturated heterocycles. The average Bonchev–Trinajstić information content (AvgIpc) is 2.51. The van der Waals surface area contributed by atoms with Gasteiger partial charge in [-0.05, 0) is 44.4 Å².